The SMILES string of the molecule is N#C/C(C(=O)Nc1ccc(F)cc1)=C1/SC(Cc2ccc(Cl)c(Cl)c2)C(=O)N1c1ccc(F)cc1. The third-order valence-corrected chi connectivity index (χ3v) is 7.10. The van der Waals surface area contributed by atoms with E-state index in [2.05, 4.69) is 5.32 Å². The summed E-state index contributed by atoms with van der Waals surface area (Å²) in [6.45, 7) is 0. The molecule has 0 spiro atoms. The van der Waals surface area contributed by atoms with Crippen LogP contribution in [0.5, 0.6) is 0 Å². The Bertz CT molecular complexity index is 1370. The average molecular weight is 530 g/mol. The number of anilines is 2. The Morgan fingerprint density at radius 2 is 1.63 bits per heavy atom. The van der Waals surface area contributed by atoms with Gasteiger partial charge in [-0.2, -0.15) is 5.26 Å². The van der Waals surface area contributed by atoms with Crippen LogP contribution in [0, 0.1) is 23.0 Å². The highest BCUT2D eigenvalue weighted by molar-refractivity contribution is 8.05. The van der Waals surface area contributed by atoms with Gasteiger partial charge in [0, 0.05) is 11.4 Å². The molecule has 0 aliphatic carbocycles. The Morgan fingerprint density at radius 1 is 1.00 bits per heavy atom. The first-order valence-corrected chi connectivity index (χ1v) is 11.8. The number of nitriles is 1. The molecule has 35 heavy (non-hydrogen) atoms. The molecule has 0 aromatic heterocycles. The van der Waals surface area contributed by atoms with Gasteiger partial charge in [-0.3, -0.25) is 14.5 Å². The summed E-state index contributed by atoms with van der Waals surface area (Å²) < 4.78 is 26.7. The second-order valence-electron chi connectivity index (χ2n) is 7.46. The van der Waals surface area contributed by atoms with Crippen LogP contribution in [0.15, 0.2) is 77.3 Å². The molecule has 1 aliphatic rings. The highest BCUT2D eigenvalue weighted by Crippen LogP contribution is 2.42. The van der Waals surface area contributed by atoms with Crippen molar-refractivity contribution in [1.82, 2.24) is 0 Å². The van der Waals surface area contributed by atoms with Gasteiger partial charge in [-0.25, -0.2) is 8.78 Å². The smallest absolute Gasteiger partial charge is 0.269 e. The van der Waals surface area contributed by atoms with E-state index in [-0.39, 0.29) is 28.6 Å². The van der Waals surface area contributed by atoms with Gasteiger partial charge in [-0.1, -0.05) is 41.0 Å². The van der Waals surface area contributed by atoms with Gasteiger partial charge in [-0.15, -0.1) is 0 Å². The molecule has 0 bridgehead atoms. The minimum Gasteiger partial charge on any atom is -0.321 e. The molecule has 10 heteroatoms. The Balaban J connectivity index is 1.72. The van der Waals surface area contributed by atoms with Crippen LogP contribution in [-0.2, 0) is 16.0 Å². The first kappa shape index (κ1) is 24.7. The maximum Gasteiger partial charge on any atom is 0.269 e. The molecule has 1 fully saturated rings. The third kappa shape index (κ3) is 5.49. The molecule has 1 aliphatic heterocycles. The van der Waals surface area contributed by atoms with Crippen molar-refractivity contribution in [3.05, 3.63) is 105 Å². The standard InChI is InChI=1S/C25H15Cl2F2N3O2S/c26-20-10-1-14(11-21(20)27)12-22-24(34)32(18-8-4-16(29)5-9-18)25(35-22)19(13-30)23(33)31-17-6-2-15(28)3-7-17/h1-11,22H,12H2,(H,31,33)/b25-19-. The van der Waals surface area contributed by atoms with Crippen molar-refractivity contribution in [2.45, 2.75) is 11.7 Å². The summed E-state index contributed by atoms with van der Waals surface area (Å²) in [5.41, 5.74) is 1.01. The first-order chi connectivity index (χ1) is 16.8. The Labute approximate surface area is 213 Å². The molecule has 0 saturated carbocycles. The summed E-state index contributed by atoms with van der Waals surface area (Å²) in [6.07, 6.45) is 0.250. The molecule has 5 nitrogen and oxygen atoms in total. The predicted molar refractivity (Wildman–Crippen MR) is 133 cm³/mol. The second kappa shape index (κ2) is 10.5. The number of hydrogen-bond acceptors (Lipinski definition) is 4. The van der Waals surface area contributed by atoms with Crippen molar-refractivity contribution < 1.29 is 18.4 Å². The predicted octanol–water partition coefficient (Wildman–Crippen LogP) is 6.34. The van der Waals surface area contributed by atoms with Gasteiger partial charge >= 0.3 is 0 Å². The lowest BCUT2D eigenvalue weighted by Crippen LogP contribution is -2.31. The number of halogens is 4. The third-order valence-electron chi connectivity index (χ3n) is 5.10. The molecule has 1 atom stereocenters. The van der Waals surface area contributed by atoms with Crippen molar-refractivity contribution in [3.63, 3.8) is 0 Å². The van der Waals surface area contributed by atoms with Gasteiger partial charge < -0.3 is 5.32 Å². The van der Waals surface area contributed by atoms with E-state index in [1.807, 2.05) is 6.07 Å². The second-order valence-corrected chi connectivity index (χ2v) is 9.47. The monoisotopic (exact) mass is 529 g/mol. The lowest BCUT2D eigenvalue weighted by Gasteiger charge is -2.18. The van der Waals surface area contributed by atoms with E-state index in [0.29, 0.717) is 15.7 Å². The van der Waals surface area contributed by atoms with Gasteiger partial charge in [0.2, 0.25) is 5.91 Å². The Hall–Kier alpha value is -3.38. The molecule has 2 amide bonds. The van der Waals surface area contributed by atoms with Crippen LogP contribution < -0.4 is 10.2 Å². The molecule has 0 radical (unpaired) electrons. The van der Waals surface area contributed by atoms with E-state index in [1.54, 1.807) is 18.2 Å². The van der Waals surface area contributed by atoms with Crippen LogP contribution in [-0.4, -0.2) is 17.1 Å². The maximum absolute atomic E-state index is 13.5. The van der Waals surface area contributed by atoms with Gasteiger partial charge in [0.15, 0.2) is 0 Å². The first-order valence-electron chi connectivity index (χ1n) is 10.2. The number of nitrogens with one attached hydrogen (secondary N) is 1. The molecular weight excluding hydrogens is 515 g/mol. The van der Waals surface area contributed by atoms with Crippen molar-refractivity contribution in [2.75, 3.05) is 10.2 Å². The van der Waals surface area contributed by atoms with Gasteiger partial charge in [0.05, 0.1) is 15.3 Å². The molecule has 3 aromatic carbocycles. The highest BCUT2D eigenvalue weighted by atomic mass is 35.5. The van der Waals surface area contributed by atoms with Crippen LogP contribution in [0.25, 0.3) is 0 Å². The van der Waals surface area contributed by atoms with E-state index in [1.165, 1.54) is 53.4 Å². The van der Waals surface area contributed by atoms with Crippen molar-refractivity contribution in [1.29, 1.82) is 5.26 Å². The topological polar surface area (TPSA) is 73.2 Å². The largest absolute Gasteiger partial charge is 0.321 e. The van der Waals surface area contributed by atoms with E-state index in [9.17, 15) is 23.6 Å². The zero-order valence-corrected chi connectivity index (χ0v) is 20.1. The molecule has 1 saturated heterocycles. The molecule has 1 heterocycles. The highest BCUT2D eigenvalue weighted by Gasteiger charge is 2.41. The maximum atomic E-state index is 13.5. The molecule has 176 valence electrons. The van der Waals surface area contributed by atoms with Crippen LogP contribution >= 0.6 is 35.0 Å². The molecule has 4 rings (SSSR count). The zero-order valence-electron chi connectivity index (χ0n) is 17.8. The zero-order chi connectivity index (χ0) is 25.1. The summed E-state index contributed by atoms with van der Waals surface area (Å²) in [5, 5.41) is 12.5. The number of benzene rings is 3. The number of rotatable bonds is 5. The quantitative estimate of drug-likeness (QED) is 0.309. The minimum absolute atomic E-state index is 0.105. The van der Waals surface area contributed by atoms with E-state index in [0.717, 1.165) is 17.3 Å². The van der Waals surface area contributed by atoms with Crippen LogP contribution in [0.2, 0.25) is 10.0 Å². The summed E-state index contributed by atoms with van der Waals surface area (Å²) in [4.78, 5) is 27.6. The molecule has 1 unspecified atom stereocenters. The van der Waals surface area contributed by atoms with Crippen LogP contribution in [0.1, 0.15) is 5.56 Å². The minimum atomic E-state index is -0.767. The number of nitrogens with zero attached hydrogens (tertiary/aromatic N) is 2. The van der Waals surface area contributed by atoms with E-state index >= 15 is 0 Å². The van der Waals surface area contributed by atoms with Crippen molar-refractivity contribution >= 4 is 58.2 Å². The fourth-order valence-electron chi connectivity index (χ4n) is 3.42. The van der Waals surface area contributed by atoms with Gasteiger partial charge in [0.1, 0.15) is 28.3 Å². The number of carbonyl (C=O) groups excluding carboxylic acids is 2. The fourth-order valence-corrected chi connectivity index (χ4v) is 5.05. The summed E-state index contributed by atoms with van der Waals surface area (Å²) in [6, 6.07) is 17.1. The number of thioether (sulfide) groups is 1. The lowest BCUT2D eigenvalue weighted by atomic mass is 10.1. The average Bonchev–Trinajstić information content (AvgIpc) is 3.14. The fraction of sp³-hybridized carbons (Fsp3) is 0.0800. The van der Waals surface area contributed by atoms with E-state index in [4.69, 9.17) is 23.2 Å². The summed E-state index contributed by atoms with van der Waals surface area (Å²) >= 11 is 13.1. The summed E-state index contributed by atoms with van der Waals surface area (Å²) in [7, 11) is 0. The lowest BCUT2D eigenvalue weighted by molar-refractivity contribution is -0.117. The van der Waals surface area contributed by atoms with Gasteiger partial charge in [-0.05, 0) is 72.6 Å². The van der Waals surface area contributed by atoms with E-state index < -0.39 is 22.8 Å². The number of amides is 2. The normalized spacial score (nSPS) is 16.7. The molecule has 3 aromatic rings. The summed E-state index contributed by atoms with van der Waals surface area (Å²) in [5.74, 6) is -2.13. The number of carbonyl (C=O) groups is 2. The Kier molecular flexibility index (Phi) is 7.41. The Morgan fingerprint density at radius 3 is 2.23 bits per heavy atom. The molecule has 1 N–H and O–H groups in total. The van der Waals surface area contributed by atoms with Crippen LogP contribution in [0.4, 0.5) is 20.2 Å². The van der Waals surface area contributed by atoms with Crippen molar-refractivity contribution in [2.24, 2.45) is 0 Å². The van der Waals surface area contributed by atoms with Gasteiger partial charge in [0.25, 0.3) is 5.91 Å². The van der Waals surface area contributed by atoms with Crippen LogP contribution in [0.3, 0.4) is 0 Å². The molecular formula is C25H15Cl2F2N3O2S. The van der Waals surface area contributed by atoms with Crippen molar-refractivity contribution in [3.8, 4) is 6.07 Å². The number of hydrogen-bond donors (Lipinski definition) is 1.